The van der Waals surface area contributed by atoms with Crippen LogP contribution >= 0.6 is 11.6 Å². The first-order chi connectivity index (χ1) is 8.99. The first kappa shape index (κ1) is 17.4. The summed E-state index contributed by atoms with van der Waals surface area (Å²) in [6.07, 6.45) is 0. The van der Waals surface area contributed by atoms with Gasteiger partial charge in [-0.2, -0.15) is 0 Å². The van der Waals surface area contributed by atoms with E-state index in [1.807, 2.05) is 20.8 Å². The highest BCUT2D eigenvalue weighted by Gasteiger charge is 2.26. The molecule has 2 N–H and O–H groups in total. The third kappa shape index (κ3) is 3.91. The lowest BCUT2D eigenvalue weighted by Crippen LogP contribution is -2.34. The molecule has 1 aromatic carbocycles. The molecule has 7 heteroatoms. The van der Waals surface area contributed by atoms with Gasteiger partial charge in [0.15, 0.2) is 0 Å². The van der Waals surface area contributed by atoms with Gasteiger partial charge in [-0.15, -0.1) is 0 Å². The van der Waals surface area contributed by atoms with Gasteiger partial charge in [0.2, 0.25) is 10.0 Å². The summed E-state index contributed by atoms with van der Waals surface area (Å²) in [4.78, 5) is -0.133. The van der Waals surface area contributed by atoms with Crippen molar-refractivity contribution in [1.82, 2.24) is 4.31 Å². The Hall–Kier alpha value is -0.690. The summed E-state index contributed by atoms with van der Waals surface area (Å²) < 4.78 is 39.7. The average molecular weight is 323 g/mol. The minimum absolute atomic E-state index is 0.0257. The third-order valence-electron chi connectivity index (χ3n) is 2.70. The highest BCUT2D eigenvalue weighted by Crippen LogP contribution is 2.27. The van der Waals surface area contributed by atoms with Crippen molar-refractivity contribution >= 4 is 21.6 Å². The van der Waals surface area contributed by atoms with Gasteiger partial charge >= 0.3 is 0 Å². The van der Waals surface area contributed by atoms with E-state index < -0.39 is 15.8 Å². The van der Waals surface area contributed by atoms with Crippen molar-refractivity contribution in [2.45, 2.75) is 32.2 Å². The number of nitrogens with zero attached hydrogens (tertiary/aromatic N) is 1. The summed E-state index contributed by atoms with van der Waals surface area (Å²) in [5.41, 5.74) is 5.52. The topological polar surface area (TPSA) is 63.4 Å². The Morgan fingerprint density at radius 3 is 2.35 bits per heavy atom. The van der Waals surface area contributed by atoms with E-state index in [0.29, 0.717) is 6.54 Å². The minimum Gasteiger partial charge on any atom is -0.326 e. The SMILES string of the molecule is CN(CC(C)(C)C)S(=O)(=O)c1cc(F)c(Cl)c(CN)c1. The minimum atomic E-state index is -3.76. The zero-order valence-electron chi connectivity index (χ0n) is 12.1. The quantitative estimate of drug-likeness (QED) is 0.926. The average Bonchev–Trinajstić information content (AvgIpc) is 2.30. The van der Waals surface area contributed by atoms with Crippen LogP contribution in [0.3, 0.4) is 0 Å². The molecule has 0 saturated heterocycles. The zero-order chi connectivity index (χ0) is 15.7. The smallest absolute Gasteiger partial charge is 0.242 e. The standard InChI is InChI=1S/C13H20ClFN2O2S/c1-13(2,3)8-17(4)20(18,19)10-5-9(7-16)12(14)11(15)6-10/h5-6H,7-8,16H2,1-4H3. The molecule has 0 aliphatic rings. The number of hydrogen-bond donors (Lipinski definition) is 1. The largest absolute Gasteiger partial charge is 0.326 e. The molecule has 0 aliphatic carbocycles. The number of benzene rings is 1. The van der Waals surface area contributed by atoms with E-state index in [9.17, 15) is 12.8 Å². The lowest BCUT2D eigenvalue weighted by atomic mass is 9.97. The van der Waals surface area contributed by atoms with Crippen molar-refractivity contribution in [3.63, 3.8) is 0 Å². The molecule has 0 spiro atoms. The third-order valence-corrected chi connectivity index (χ3v) is 4.91. The van der Waals surface area contributed by atoms with Gasteiger partial charge in [0.25, 0.3) is 0 Å². The Morgan fingerprint density at radius 2 is 1.90 bits per heavy atom. The van der Waals surface area contributed by atoms with Crippen LogP contribution in [0.2, 0.25) is 5.02 Å². The van der Waals surface area contributed by atoms with Gasteiger partial charge in [0.05, 0.1) is 9.92 Å². The lowest BCUT2D eigenvalue weighted by Gasteiger charge is -2.26. The van der Waals surface area contributed by atoms with Crippen molar-refractivity contribution < 1.29 is 12.8 Å². The number of nitrogens with two attached hydrogens (primary N) is 1. The van der Waals surface area contributed by atoms with Crippen LogP contribution in [-0.2, 0) is 16.6 Å². The number of hydrogen-bond acceptors (Lipinski definition) is 3. The molecule has 0 saturated carbocycles. The predicted octanol–water partition coefficient (Wildman–Crippen LogP) is 2.60. The monoisotopic (exact) mass is 322 g/mol. The summed E-state index contributed by atoms with van der Waals surface area (Å²) in [5.74, 6) is -0.780. The van der Waals surface area contributed by atoms with Crippen molar-refractivity contribution in [3.05, 3.63) is 28.5 Å². The Bertz CT molecular complexity index is 597. The second kappa shape index (κ2) is 5.97. The molecule has 1 aromatic rings. The molecule has 114 valence electrons. The Kier molecular flexibility index (Phi) is 5.18. The molecular formula is C13H20ClFN2O2S. The molecular weight excluding hydrogens is 303 g/mol. The second-order valence-corrected chi connectivity index (χ2v) is 8.33. The highest BCUT2D eigenvalue weighted by atomic mass is 35.5. The van der Waals surface area contributed by atoms with Crippen LogP contribution in [0.25, 0.3) is 0 Å². The Morgan fingerprint density at radius 1 is 1.35 bits per heavy atom. The summed E-state index contributed by atoms with van der Waals surface area (Å²) >= 11 is 5.74. The van der Waals surface area contributed by atoms with Crippen molar-refractivity contribution in [2.75, 3.05) is 13.6 Å². The molecule has 0 radical (unpaired) electrons. The van der Waals surface area contributed by atoms with Crippen molar-refractivity contribution in [2.24, 2.45) is 11.1 Å². The van der Waals surface area contributed by atoms with Crippen LogP contribution in [0.4, 0.5) is 4.39 Å². The van der Waals surface area contributed by atoms with E-state index in [2.05, 4.69) is 0 Å². The summed E-state index contributed by atoms with van der Waals surface area (Å²) in [7, 11) is -2.30. The van der Waals surface area contributed by atoms with E-state index in [4.69, 9.17) is 17.3 Å². The van der Waals surface area contributed by atoms with Crippen molar-refractivity contribution in [1.29, 1.82) is 0 Å². The van der Waals surface area contributed by atoms with Gasteiger partial charge in [-0.1, -0.05) is 32.4 Å². The predicted molar refractivity (Wildman–Crippen MR) is 78.6 cm³/mol. The summed E-state index contributed by atoms with van der Waals surface area (Å²) in [5, 5.41) is -0.134. The molecule has 0 fully saturated rings. The summed E-state index contributed by atoms with van der Waals surface area (Å²) in [6.45, 7) is 6.06. The molecule has 0 bridgehead atoms. The van der Waals surface area contributed by atoms with Crippen LogP contribution in [0.5, 0.6) is 0 Å². The molecule has 0 amide bonds. The first-order valence-corrected chi connectivity index (χ1v) is 7.95. The number of sulfonamides is 1. The molecule has 0 unspecified atom stereocenters. The van der Waals surface area contributed by atoms with Gasteiger partial charge in [-0.3, -0.25) is 0 Å². The van der Waals surface area contributed by atoms with Gasteiger partial charge < -0.3 is 5.73 Å². The maximum absolute atomic E-state index is 13.7. The van der Waals surface area contributed by atoms with Crippen LogP contribution in [-0.4, -0.2) is 26.3 Å². The fraction of sp³-hybridized carbons (Fsp3) is 0.538. The maximum Gasteiger partial charge on any atom is 0.242 e. The normalized spacial score (nSPS) is 13.0. The lowest BCUT2D eigenvalue weighted by molar-refractivity contribution is 0.310. The Balaban J connectivity index is 3.26. The van der Waals surface area contributed by atoms with E-state index in [1.54, 1.807) is 0 Å². The molecule has 0 heterocycles. The zero-order valence-corrected chi connectivity index (χ0v) is 13.6. The molecule has 0 aromatic heterocycles. The molecule has 0 aliphatic heterocycles. The van der Waals surface area contributed by atoms with E-state index in [-0.39, 0.29) is 27.4 Å². The fourth-order valence-corrected chi connectivity index (χ4v) is 3.50. The molecule has 20 heavy (non-hydrogen) atoms. The highest BCUT2D eigenvalue weighted by molar-refractivity contribution is 7.89. The maximum atomic E-state index is 13.7. The Labute approximate surface area is 124 Å². The molecule has 0 atom stereocenters. The van der Waals surface area contributed by atoms with E-state index in [1.165, 1.54) is 17.4 Å². The van der Waals surface area contributed by atoms with Crippen LogP contribution < -0.4 is 5.73 Å². The van der Waals surface area contributed by atoms with E-state index in [0.717, 1.165) is 6.07 Å². The molecule has 1 rings (SSSR count). The van der Waals surface area contributed by atoms with E-state index >= 15 is 0 Å². The van der Waals surface area contributed by atoms with Gasteiger partial charge in [0, 0.05) is 20.1 Å². The van der Waals surface area contributed by atoms with Gasteiger partial charge in [0.1, 0.15) is 5.82 Å². The number of rotatable bonds is 4. The first-order valence-electron chi connectivity index (χ1n) is 6.13. The van der Waals surface area contributed by atoms with Crippen molar-refractivity contribution in [3.8, 4) is 0 Å². The van der Waals surface area contributed by atoms with Crippen LogP contribution in [0.1, 0.15) is 26.3 Å². The second-order valence-electron chi connectivity index (χ2n) is 5.90. The number of halogens is 2. The summed E-state index contributed by atoms with van der Waals surface area (Å²) in [6, 6.07) is 2.25. The van der Waals surface area contributed by atoms with Gasteiger partial charge in [-0.25, -0.2) is 17.1 Å². The van der Waals surface area contributed by atoms with Crippen LogP contribution in [0, 0.1) is 11.2 Å². The molecule has 4 nitrogen and oxygen atoms in total. The van der Waals surface area contributed by atoms with Gasteiger partial charge in [-0.05, 0) is 23.1 Å². The fourth-order valence-electron chi connectivity index (χ4n) is 1.85. The van der Waals surface area contributed by atoms with Crippen LogP contribution in [0.15, 0.2) is 17.0 Å².